The molecule has 0 spiro atoms. The van der Waals surface area contributed by atoms with E-state index in [1.807, 2.05) is 54.6 Å². The van der Waals surface area contributed by atoms with E-state index in [0.29, 0.717) is 17.4 Å². The summed E-state index contributed by atoms with van der Waals surface area (Å²) >= 11 is 1.31. The van der Waals surface area contributed by atoms with Crippen LogP contribution >= 0.6 is 11.3 Å². The number of aromatic nitrogens is 3. The molecule has 4 aromatic rings. The van der Waals surface area contributed by atoms with Crippen LogP contribution in [0, 0.1) is 6.92 Å². The molecular formula is C18H16N4O2S2. The third-order valence-electron chi connectivity index (χ3n) is 3.89. The number of thiazole rings is 1. The number of hydrogen-bond donors (Lipinski definition) is 1. The summed E-state index contributed by atoms with van der Waals surface area (Å²) in [5.41, 5.74) is 2.28. The van der Waals surface area contributed by atoms with Crippen molar-refractivity contribution in [2.24, 2.45) is 0 Å². The minimum Gasteiger partial charge on any atom is -0.267 e. The van der Waals surface area contributed by atoms with Crippen LogP contribution in [0.4, 0.5) is 5.13 Å². The van der Waals surface area contributed by atoms with Crippen LogP contribution in [0.25, 0.3) is 10.2 Å². The van der Waals surface area contributed by atoms with E-state index >= 15 is 0 Å². The van der Waals surface area contributed by atoms with E-state index in [2.05, 4.69) is 14.8 Å². The maximum Gasteiger partial charge on any atom is 0.267 e. The van der Waals surface area contributed by atoms with E-state index in [-0.39, 0.29) is 4.90 Å². The molecule has 132 valence electrons. The minimum atomic E-state index is -3.75. The number of anilines is 1. The molecule has 2 aromatic carbocycles. The molecule has 0 atom stereocenters. The van der Waals surface area contributed by atoms with Crippen molar-refractivity contribution in [2.75, 3.05) is 4.72 Å². The minimum absolute atomic E-state index is 0.160. The first-order valence-corrected chi connectivity index (χ1v) is 10.3. The monoisotopic (exact) mass is 384 g/mol. The Morgan fingerprint density at radius 1 is 1.08 bits per heavy atom. The molecule has 0 aliphatic carbocycles. The number of fused-ring (bicyclic) bond motifs is 1. The van der Waals surface area contributed by atoms with Gasteiger partial charge in [0.15, 0.2) is 5.13 Å². The highest BCUT2D eigenvalue weighted by molar-refractivity contribution is 7.93. The lowest BCUT2D eigenvalue weighted by Gasteiger charge is -2.03. The third kappa shape index (κ3) is 3.33. The number of nitrogens with one attached hydrogen (secondary N) is 1. The molecule has 0 unspecified atom stereocenters. The molecular weight excluding hydrogens is 368 g/mol. The quantitative estimate of drug-likeness (QED) is 0.570. The smallest absolute Gasteiger partial charge is 0.267 e. The van der Waals surface area contributed by atoms with Crippen LogP contribution in [-0.2, 0) is 16.6 Å². The van der Waals surface area contributed by atoms with Gasteiger partial charge in [-0.05, 0) is 24.6 Å². The van der Waals surface area contributed by atoms with Crippen molar-refractivity contribution in [1.82, 2.24) is 14.8 Å². The van der Waals surface area contributed by atoms with Crippen molar-refractivity contribution in [3.05, 3.63) is 72.1 Å². The van der Waals surface area contributed by atoms with Crippen molar-refractivity contribution < 1.29 is 8.42 Å². The average Bonchev–Trinajstić information content (AvgIpc) is 3.18. The summed E-state index contributed by atoms with van der Waals surface area (Å²) < 4.78 is 30.7. The number of sulfonamides is 1. The summed E-state index contributed by atoms with van der Waals surface area (Å²) in [4.78, 5) is 4.49. The van der Waals surface area contributed by atoms with Gasteiger partial charge in [-0.25, -0.2) is 13.4 Å². The highest BCUT2D eigenvalue weighted by atomic mass is 32.2. The van der Waals surface area contributed by atoms with Crippen LogP contribution in [0.15, 0.2) is 65.7 Å². The number of hydrogen-bond acceptors (Lipinski definition) is 5. The standard InChI is InChI=1S/C18H16N4O2S2/c1-13-17(12-22(20-13)11-14-7-3-2-4-8-14)26(23,24)21-18-19-15-9-5-6-10-16(15)25-18/h2-10,12H,11H2,1H3,(H,19,21). The Morgan fingerprint density at radius 2 is 1.81 bits per heavy atom. The van der Waals surface area contributed by atoms with Gasteiger partial charge in [-0.1, -0.05) is 53.8 Å². The zero-order chi connectivity index (χ0) is 18.1. The van der Waals surface area contributed by atoms with Crippen LogP contribution in [0.2, 0.25) is 0 Å². The first kappa shape index (κ1) is 16.7. The lowest BCUT2D eigenvalue weighted by Crippen LogP contribution is -2.13. The maximum absolute atomic E-state index is 12.8. The SMILES string of the molecule is Cc1nn(Cc2ccccc2)cc1S(=O)(=O)Nc1nc2ccccc2s1. The number of nitrogens with zero attached hydrogens (tertiary/aromatic N) is 3. The summed E-state index contributed by atoms with van der Waals surface area (Å²) in [5.74, 6) is 0. The largest absolute Gasteiger partial charge is 0.267 e. The van der Waals surface area contributed by atoms with Crippen molar-refractivity contribution in [2.45, 2.75) is 18.4 Å². The summed E-state index contributed by atoms with van der Waals surface area (Å²) in [7, 11) is -3.75. The second-order valence-corrected chi connectivity index (χ2v) is 8.54. The van der Waals surface area contributed by atoms with Crippen molar-refractivity contribution >= 4 is 36.7 Å². The van der Waals surface area contributed by atoms with Crippen LogP contribution in [-0.4, -0.2) is 23.2 Å². The highest BCUT2D eigenvalue weighted by Gasteiger charge is 2.22. The average molecular weight is 384 g/mol. The first-order chi connectivity index (χ1) is 12.5. The van der Waals surface area contributed by atoms with E-state index in [4.69, 9.17) is 0 Å². The van der Waals surface area contributed by atoms with Gasteiger partial charge in [0.05, 0.1) is 22.5 Å². The van der Waals surface area contributed by atoms with E-state index in [1.54, 1.807) is 17.8 Å². The van der Waals surface area contributed by atoms with E-state index < -0.39 is 10.0 Å². The summed E-state index contributed by atoms with van der Waals surface area (Å²) in [6.07, 6.45) is 1.55. The zero-order valence-electron chi connectivity index (χ0n) is 14.0. The Bertz CT molecular complexity index is 1130. The maximum atomic E-state index is 12.8. The predicted octanol–water partition coefficient (Wildman–Crippen LogP) is 3.65. The third-order valence-corrected chi connectivity index (χ3v) is 6.42. The predicted molar refractivity (Wildman–Crippen MR) is 103 cm³/mol. The van der Waals surface area contributed by atoms with Gasteiger partial charge in [0.2, 0.25) is 0 Å². The van der Waals surface area contributed by atoms with Crippen molar-refractivity contribution in [1.29, 1.82) is 0 Å². The topological polar surface area (TPSA) is 76.9 Å². The van der Waals surface area contributed by atoms with Crippen LogP contribution in [0.3, 0.4) is 0 Å². The fourth-order valence-electron chi connectivity index (χ4n) is 2.70. The number of rotatable bonds is 5. The summed E-state index contributed by atoms with van der Waals surface area (Å²) in [6.45, 7) is 2.20. The molecule has 0 saturated heterocycles. The Labute approximate surface area is 155 Å². The van der Waals surface area contributed by atoms with Gasteiger partial charge in [-0.15, -0.1) is 0 Å². The molecule has 6 nitrogen and oxygen atoms in total. The second-order valence-electron chi connectivity index (χ2n) is 5.85. The second kappa shape index (κ2) is 6.54. The van der Waals surface area contributed by atoms with E-state index in [0.717, 1.165) is 15.8 Å². The Morgan fingerprint density at radius 3 is 2.58 bits per heavy atom. The van der Waals surface area contributed by atoms with E-state index in [9.17, 15) is 8.42 Å². The van der Waals surface area contributed by atoms with Crippen LogP contribution in [0.1, 0.15) is 11.3 Å². The van der Waals surface area contributed by atoms with Gasteiger partial charge in [-0.2, -0.15) is 5.10 Å². The van der Waals surface area contributed by atoms with E-state index in [1.165, 1.54) is 11.3 Å². The van der Waals surface area contributed by atoms with Crippen molar-refractivity contribution in [3.63, 3.8) is 0 Å². The molecule has 0 aliphatic rings. The van der Waals surface area contributed by atoms with Crippen LogP contribution in [0.5, 0.6) is 0 Å². The molecule has 0 aliphatic heterocycles. The molecule has 2 heterocycles. The number of aryl methyl sites for hydroxylation is 1. The fourth-order valence-corrected chi connectivity index (χ4v) is 4.99. The summed E-state index contributed by atoms with van der Waals surface area (Å²) in [5, 5.41) is 4.69. The molecule has 0 amide bonds. The normalized spacial score (nSPS) is 11.7. The number of para-hydroxylation sites is 1. The molecule has 26 heavy (non-hydrogen) atoms. The van der Waals surface area contributed by atoms with Gasteiger partial charge in [-0.3, -0.25) is 9.40 Å². The van der Waals surface area contributed by atoms with Gasteiger partial charge in [0, 0.05) is 6.20 Å². The lowest BCUT2D eigenvalue weighted by molar-refractivity contribution is 0.600. The van der Waals surface area contributed by atoms with Gasteiger partial charge in [0.25, 0.3) is 10.0 Å². The molecule has 8 heteroatoms. The van der Waals surface area contributed by atoms with Gasteiger partial charge in [0.1, 0.15) is 4.90 Å². The van der Waals surface area contributed by atoms with Crippen molar-refractivity contribution in [3.8, 4) is 0 Å². The Hall–Kier alpha value is -2.71. The van der Waals surface area contributed by atoms with Gasteiger partial charge >= 0.3 is 0 Å². The summed E-state index contributed by atoms with van der Waals surface area (Å²) in [6, 6.07) is 17.3. The molecule has 0 bridgehead atoms. The first-order valence-electron chi connectivity index (χ1n) is 7.98. The van der Waals surface area contributed by atoms with Crippen LogP contribution < -0.4 is 4.72 Å². The molecule has 0 fully saturated rings. The Kier molecular flexibility index (Phi) is 4.21. The molecule has 0 saturated carbocycles. The molecule has 4 rings (SSSR count). The molecule has 2 aromatic heterocycles. The lowest BCUT2D eigenvalue weighted by atomic mass is 10.2. The molecule has 1 N–H and O–H groups in total. The highest BCUT2D eigenvalue weighted by Crippen LogP contribution is 2.28. The fraction of sp³-hybridized carbons (Fsp3) is 0.111. The van der Waals surface area contributed by atoms with Gasteiger partial charge < -0.3 is 0 Å². The number of benzene rings is 2. The zero-order valence-corrected chi connectivity index (χ0v) is 15.6. The Balaban J connectivity index is 1.61. The molecule has 0 radical (unpaired) electrons.